The van der Waals surface area contributed by atoms with Crippen LogP contribution in [0, 0.1) is 0 Å². The summed E-state index contributed by atoms with van der Waals surface area (Å²) in [5.74, 6) is -0.292. The van der Waals surface area contributed by atoms with Crippen molar-refractivity contribution in [3.63, 3.8) is 0 Å². The van der Waals surface area contributed by atoms with Crippen molar-refractivity contribution in [3.05, 3.63) is 0 Å². The molecule has 0 aromatic rings. The quantitative estimate of drug-likeness (QED) is 0.107. The van der Waals surface area contributed by atoms with Crippen LogP contribution in [0.25, 0.3) is 0 Å². The number of nitrogens with zero attached hydrogens (tertiary/aromatic N) is 2. The van der Waals surface area contributed by atoms with Gasteiger partial charge in [-0.25, -0.2) is 9.59 Å². The largest absolute Gasteiger partial charge is 0.465 e. The van der Waals surface area contributed by atoms with Gasteiger partial charge in [0.1, 0.15) is 11.2 Å². The molecule has 0 radical (unpaired) electrons. The lowest BCUT2D eigenvalue weighted by atomic mass is 10.2. The summed E-state index contributed by atoms with van der Waals surface area (Å²) in [5, 5.41) is 5.69. The maximum atomic E-state index is 12.6. The predicted octanol–water partition coefficient (Wildman–Crippen LogP) is 4.35. The lowest BCUT2D eigenvalue weighted by molar-refractivity contribution is -0.142. The van der Waals surface area contributed by atoms with Gasteiger partial charge in [-0.2, -0.15) is 0 Å². The third-order valence-electron chi connectivity index (χ3n) is 5.18. The molecule has 0 bridgehead atoms. The summed E-state index contributed by atoms with van der Waals surface area (Å²) < 4.78 is 20.5. The Hall–Kier alpha value is -2.60. The molecule has 0 spiro atoms. The van der Waals surface area contributed by atoms with Crippen molar-refractivity contribution in [1.82, 2.24) is 20.4 Å². The standard InChI is InChI=1S/C25H48N4O7.C5H12O/c1-8-34-21(31)19-26-13-11-16-28(20-30)15-9-10-17-29(23(33)36-25(5,6)7)18-12-14-27-22(32)35-24(2,3)4;1-5(2,3)6-4/h20,26H,8-19H2,1-7H3,(H,27,32);1-4H3. The van der Waals surface area contributed by atoms with Crippen LogP contribution in [0.4, 0.5) is 9.59 Å². The number of esters is 1. The zero-order valence-electron chi connectivity index (χ0n) is 28.2. The van der Waals surface area contributed by atoms with Crippen molar-refractivity contribution in [3.8, 4) is 0 Å². The highest BCUT2D eigenvalue weighted by molar-refractivity contribution is 5.71. The van der Waals surface area contributed by atoms with Gasteiger partial charge >= 0.3 is 18.2 Å². The summed E-state index contributed by atoms with van der Waals surface area (Å²) in [7, 11) is 1.71. The summed E-state index contributed by atoms with van der Waals surface area (Å²) in [4.78, 5) is 50.4. The average Bonchev–Trinajstić information content (AvgIpc) is 2.84. The van der Waals surface area contributed by atoms with Crippen molar-refractivity contribution in [2.75, 3.05) is 59.5 Å². The normalized spacial score (nSPS) is 11.5. The summed E-state index contributed by atoms with van der Waals surface area (Å²) in [5.41, 5.74) is -1.14. The Bertz CT molecular complexity index is 758. The number of nitrogens with one attached hydrogen (secondary N) is 2. The van der Waals surface area contributed by atoms with E-state index in [1.54, 1.807) is 44.6 Å². The van der Waals surface area contributed by atoms with Crippen LogP contribution in [-0.4, -0.2) is 111 Å². The molecule has 0 heterocycles. The van der Waals surface area contributed by atoms with E-state index in [-0.39, 0.29) is 18.1 Å². The predicted molar refractivity (Wildman–Crippen MR) is 164 cm³/mol. The first-order chi connectivity index (χ1) is 19.3. The van der Waals surface area contributed by atoms with Crippen LogP contribution < -0.4 is 10.6 Å². The third-order valence-corrected chi connectivity index (χ3v) is 5.18. The lowest BCUT2D eigenvalue weighted by Gasteiger charge is -2.28. The van der Waals surface area contributed by atoms with Gasteiger partial charge in [-0.1, -0.05) is 0 Å². The molecule has 0 atom stereocenters. The molecule has 3 amide bonds. The summed E-state index contributed by atoms with van der Waals surface area (Å²) in [6.45, 7) is 22.2. The zero-order valence-corrected chi connectivity index (χ0v) is 28.2. The van der Waals surface area contributed by atoms with Crippen LogP contribution in [0.15, 0.2) is 0 Å². The molecule has 0 aromatic heterocycles. The number of hydrogen-bond acceptors (Lipinski definition) is 9. The number of methoxy groups -OCH3 is 1. The SMILES string of the molecule is CCOC(=O)CNCCCN(C=O)CCCCN(CCCNC(=O)OC(C)(C)C)C(=O)OC(C)(C)C.COC(C)(C)C. The fourth-order valence-corrected chi connectivity index (χ4v) is 3.04. The molecule has 0 aliphatic rings. The molecule has 0 saturated heterocycles. The number of carbonyl (C=O) groups excluding carboxylic acids is 4. The highest BCUT2D eigenvalue weighted by Crippen LogP contribution is 2.11. The molecule has 0 unspecified atom stereocenters. The number of rotatable bonds is 17. The van der Waals surface area contributed by atoms with Gasteiger partial charge < -0.3 is 39.4 Å². The van der Waals surface area contributed by atoms with Gasteiger partial charge in [-0.3, -0.25) is 9.59 Å². The minimum absolute atomic E-state index is 0.0417. The molecule has 12 nitrogen and oxygen atoms in total. The number of alkyl carbamates (subject to hydrolysis) is 1. The first-order valence-corrected chi connectivity index (χ1v) is 14.9. The molecule has 12 heteroatoms. The van der Waals surface area contributed by atoms with Gasteiger partial charge in [0.25, 0.3) is 0 Å². The van der Waals surface area contributed by atoms with Gasteiger partial charge in [0, 0.05) is 39.8 Å². The minimum Gasteiger partial charge on any atom is -0.465 e. The second-order valence-corrected chi connectivity index (χ2v) is 12.7. The molecule has 0 aliphatic carbocycles. The molecule has 0 aliphatic heterocycles. The molecular weight excluding hydrogens is 544 g/mol. The molecule has 0 rings (SSSR count). The Morgan fingerprint density at radius 3 is 1.74 bits per heavy atom. The van der Waals surface area contributed by atoms with Crippen molar-refractivity contribution in [2.45, 2.75) is 112 Å². The molecule has 0 saturated carbocycles. The summed E-state index contributed by atoms with van der Waals surface area (Å²) in [6, 6.07) is 0. The topological polar surface area (TPSA) is 136 Å². The summed E-state index contributed by atoms with van der Waals surface area (Å²) in [6.07, 6.45) is 2.62. The number of carbonyl (C=O) groups is 4. The number of amides is 3. The fourth-order valence-electron chi connectivity index (χ4n) is 3.04. The Labute approximate surface area is 254 Å². The Morgan fingerprint density at radius 1 is 0.738 bits per heavy atom. The zero-order chi connectivity index (χ0) is 32.8. The second-order valence-electron chi connectivity index (χ2n) is 12.7. The highest BCUT2D eigenvalue weighted by atomic mass is 16.6. The van der Waals surface area contributed by atoms with Crippen LogP contribution >= 0.6 is 0 Å². The van der Waals surface area contributed by atoms with Gasteiger partial charge in [-0.15, -0.1) is 0 Å². The van der Waals surface area contributed by atoms with E-state index in [1.807, 2.05) is 41.5 Å². The second kappa shape index (κ2) is 22.0. The van der Waals surface area contributed by atoms with E-state index in [4.69, 9.17) is 18.9 Å². The maximum Gasteiger partial charge on any atom is 0.410 e. The molecule has 0 fully saturated rings. The van der Waals surface area contributed by atoms with Crippen LogP contribution in [0.2, 0.25) is 0 Å². The van der Waals surface area contributed by atoms with Crippen LogP contribution in [-0.2, 0) is 28.5 Å². The van der Waals surface area contributed by atoms with E-state index in [9.17, 15) is 19.2 Å². The van der Waals surface area contributed by atoms with E-state index in [2.05, 4.69) is 10.6 Å². The Balaban J connectivity index is 0. The van der Waals surface area contributed by atoms with Gasteiger partial charge in [0.05, 0.1) is 18.8 Å². The Kier molecular flexibility index (Phi) is 21.8. The van der Waals surface area contributed by atoms with E-state index in [0.29, 0.717) is 65.1 Å². The molecule has 2 N–H and O–H groups in total. The summed E-state index contributed by atoms with van der Waals surface area (Å²) >= 11 is 0. The number of ether oxygens (including phenoxy) is 4. The van der Waals surface area contributed by atoms with E-state index < -0.39 is 23.4 Å². The first-order valence-electron chi connectivity index (χ1n) is 14.9. The van der Waals surface area contributed by atoms with Gasteiger partial charge in [0.15, 0.2) is 0 Å². The monoisotopic (exact) mass is 604 g/mol. The molecule has 0 aromatic carbocycles. The third kappa shape index (κ3) is 28.9. The Morgan fingerprint density at radius 2 is 1.24 bits per heavy atom. The van der Waals surface area contributed by atoms with Gasteiger partial charge in [-0.05, 0) is 101 Å². The minimum atomic E-state index is -0.611. The smallest absolute Gasteiger partial charge is 0.410 e. The van der Waals surface area contributed by atoms with Crippen LogP contribution in [0.5, 0.6) is 0 Å². The average molecular weight is 605 g/mol. The van der Waals surface area contributed by atoms with Crippen molar-refractivity contribution in [1.29, 1.82) is 0 Å². The lowest BCUT2D eigenvalue weighted by Crippen LogP contribution is -2.39. The fraction of sp³-hybridized carbons (Fsp3) is 0.867. The van der Waals surface area contributed by atoms with Crippen LogP contribution in [0.1, 0.15) is 94.9 Å². The van der Waals surface area contributed by atoms with E-state index in [0.717, 1.165) is 12.8 Å². The molecule has 42 heavy (non-hydrogen) atoms. The van der Waals surface area contributed by atoms with Crippen LogP contribution in [0.3, 0.4) is 0 Å². The van der Waals surface area contributed by atoms with Crippen molar-refractivity contribution >= 4 is 24.6 Å². The first kappa shape index (κ1) is 41.5. The van der Waals surface area contributed by atoms with E-state index >= 15 is 0 Å². The van der Waals surface area contributed by atoms with Gasteiger partial charge in [0.2, 0.25) is 6.41 Å². The van der Waals surface area contributed by atoms with Crippen molar-refractivity contribution in [2.24, 2.45) is 0 Å². The highest BCUT2D eigenvalue weighted by Gasteiger charge is 2.22. The molecular formula is C30H60N4O8. The number of unbranched alkanes of at least 4 members (excludes halogenated alkanes) is 1. The van der Waals surface area contributed by atoms with Crippen molar-refractivity contribution < 1.29 is 38.1 Å². The number of hydrogen-bond donors (Lipinski definition) is 2. The maximum absolute atomic E-state index is 12.6. The molecule has 248 valence electrons. The van der Waals surface area contributed by atoms with E-state index in [1.165, 1.54) is 0 Å².